The largest absolute Gasteiger partial charge is 0.502 e. The molecule has 2 nitrogen and oxygen atoms in total. The molecule has 2 aromatic rings. The van der Waals surface area contributed by atoms with Crippen molar-refractivity contribution in [2.45, 2.75) is 26.3 Å². The van der Waals surface area contributed by atoms with E-state index in [0.717, 1.165) is 17.3 Å². The van der Waals surface area contributed by atoms with E-state index in [4.69, 9.17) is 0 Å². The Morgan fingerprint density at radius 2 is 2.00 bits per heavy atom. The molecule has 0 fully saturated rings. The lowest BCUT2D eigenvalue weighted by Gasteiger charge is -2.07. The van der Waals surface area contributed by atoms with E-state index in [0.29, 0.717) is 11.8 Å². The van der Waals surface area contributed by atoms with Crippen LogP contribution in [0.5, 0.6) is 5.75 Å². The summed E-state index contributed by atoms with van der Waals surface area (Å²) in [7, 11) is 0. The van der Waals surface area contributed by atoms with Gasteiger partial charge < -0.3 is 5.11 Å². The molecule has 0 aliphatic rings. The SMILES string of the molecule is CCC(C)[n+]1cccc2cccc(O)c21. The van der Waals surface area contributed by atoms with Crippen LogP contribution in [-0.2, 0) is 0 Å². The first-order valence-electron chi connectivity index (χ1n) is 5.36. The molecule has 2 rings (SSSR count). The summed E-state index contributed by atoms with van der Waals surface area (Å²) in [5.41, 5.74) is 0.925. The Kier molecular flexibility index (Phi) is 2.58. The number of aromatic nitrogens is 1. The number of fused-ring (bicyclic) bond motifs is 1. The molecule has 0 aliphatic carbocycles. The maximum absolute atomic E-state index is 9.88. The van der Waals surface area contributed by atoms with Gasteiger partial charge in [0.1, 0.15) is 0 Å². The number of aromatic hydroxyl groups is 1. The summed E-state index contributed by atoms with van der Waals surface area (Å²) in [5, 5.41) is 11.0. The van der Waals surface area contributed by atoms with Gasteiger partial charge in [0.2, 0.25) is 0 Å². The quantitative estimate of drug-likeness (QED) is 0.744. The van der Waals surface area contributed by atoms with Gasteiger partial charge in [0.25, 0.3) is 5.52 Å². The first-order valence-corrected chi connectivity index (χ1v) is 5.36. The van der Waals surface area contributed by atoms with Gasteiger partial charge in [0.15, 0.2) is 18.0 Å². The fourth-order valence-corrected chi connectivity index (χ4v) is 1.84. The van der Waals surface area contributed by atoms with E-state index in [1.807, 2.05) is 30.5 Å². The summed E-state index contributed by atoms with van der Waals surface area (Å²) in [6.45, 7) is 4.31. The number of benzene rings is 1. The molecule has 1 N–H and O–H groups in total. The molecular formula is C13H16NO+. The summed E-state index contributed by atoms with van der Waals surface area (Å²) < 4.78 is 2.13. The highest BCUT2D eigenvalue weighted by molar-refractivity contribution is 5.80. The van der Waals surface area contributed by atoms with Crippen LogP contribution in [0.25, 0.3) is 10.9 Å². The predicted octanol–water partition coefficient (Wildman–Crippen LogP) is 2.80. The highest BCUT2D eigenvalue weighted by Crippen LogP contribution is 2.21. The van der Waals surface area contributed by atoms with Crippen molar-refractivity contribution in [3.63, 3.8) is 0 Å². The molecule has 0 radical (unpaired) electrons. The maximum Gasteiger partial charge on any atom is 0.254 e. The third kappa shape index (κ3) is 1.67. The van der Waals surface area contributed by atoms with Crippen LogP contribution in [0, 0.1) is 0 Å². The summed E-state index contributed by atoms with van der Waals surface area (Å²) >= 11 is 0. The molecule has 0 spiro atoms. The Morgan fingerprint density at radius 3 is 2.73 bits per heavy atom. The van der Waals surface area contributed by atoms with Crippen LogP contribution in [0.1, 0.15) is 26.3 Å². The molecule has 1 aromatic heterocycles. The van der Waals surface area contributed by atoms with E-state index < -0.39 is 0 Å². The van der Waals surface area contributed by atoms with Gasteiger partial charge in [-0.15, -0.1) is 0 Å². The minimum Gasteiger partial charge on any atom is -0.502 e. The average molecular weight is 202 g/mol. The van der Waals surface area contributed by atoms with Crippen LogP contribution in [0.3, 0.4) is 0 Å². The third-order valence-electron chi connectivity index (χ3n) is 2.89. The van der Waals surface area contributed by atoms with Crippen LogP contribution in [-0.4, -0.2) is 5.11 Å². The van der Waals surface area contributed by atoms with Gasteiger partial charge in [-0.1, -0.05) is 13.0 Å². The van der Waals surface area contributed by atoms with Crippen LogP contribution >= 0.6 is 0 Å². The third-order valence-corrected chi connectivity index (χ3v) is 2.89. The van der Waals surface area contributed by atoms with Crippen molar-refractivity contribution in [2.24, 2.45) is 0 Å². The van der Waals surface area contributed by atoms with Crippen molar-refractivity contribution in [1.82, 2.24) is 0 Å². The second kappa shape index (κ2) is 3.89. The van der Waals surface area contributed by atoms with Crippen molar-refractivity contribution in [1.29, 1.82) is 0 Å². The molecule has 0 amide bonds. The fourth-order valence-electron chi connectivity index (χ4n) is 1.84. The van der Waals surface area contributed by atoms with Gasteiger partial charge in [-0.05, 0) is 25.1 Å². The van der Waals surface area contributed by atoms with Crippen molar-refractivity contribution in [3.05, 3.63) is 36.5 Å². The molecule has 1 atom stereocenters. The highest BCUT2D eigenvalue weighted by Gasteiger charge is 2.17. The van der Waals surface area contributed by atoms with Crippen LogP contribution < -0.4 is 4.57 Å². The van der Waals surface area contributed by atoms with Gasteiger partial charge in [-0.3, -0.25) is 0 Å². The molecule has 0 bridgehead atoms. The Hall–Kier alpha value is -1.57. The number of hydrogen-bond donors (Lipinski definition) is 1. The smallest absolute Gasteiger partial charge is 0.254 e. The molecule has 1 heterocycles. The number of para-hydroxylation sites is 1. The lowest BCUT2D eigenvalue weighted by molar-refractivity contribution is -0.695. The topological polar surface area (TPSA) is 24.1 Å². The van der Waals surface area contributed by atoms with E-state index in [2.05, 4.69) is 18.4 Å². The van der Waals surface area contributed by atoms with Gasteiger partial charge in [-0.25, -0.2) is 0 Å². The van der Waals surface area contributed by atoms with E-state index in [1.54, 1.807) is 6.07 Å². The summed E-state index contributed by atoms with van der Waals surface area (Å²) in [6.07, 6.45) is 3.08. The van der Waals surface area contributed by atoms with Crippen molar-refractivity contribution in [3.8, 4) is 5.75 Å². The second-order valence-electron chi connectivity index (χ2n) is 3.89. The summed E-state index contributed by atoms with van der Waals surface area (Å²) in [5.74, 6) is 0.355. The monoisotopic (exact) mass is 202 g/mol. The molecular weight excluding hydrogens is 186 g/mol. The summed E-state index contributed by atoms with van der Waals surface area (Å²) in [6, 6.07) is 10.1. The first-order chi connectivity index (χ1) is 7.24. The zero-order valence-corrected chi connectivity index (χ0v) is 9.14. The minimum atomic E-state index is 0.355. The molecule has 2 heteroatoms. The molecule has 78 valence electrons. The minimum absolute atomic E-state index is 0.355. The van der Waals surface area contributed by atoms with Gasteiger partial charge in [-0.2, -0.15) is 4.57 Å². The van der Waals surface area contributed by atoms with Crippen molar-refractivity contribution < 1.29 is 9.67 Å². The Balaban J connectivity index is 2.74. The Bertz CT molecular complexity index is 474. The zero-order chi connectivity index (χ0) is 10.8. The molecule has 0 aliphatic heterocycles. The summed E-state index contributed by atoms with van der Waals surface area (Å²) in [4.78, 5) is 0. The average Bonchev–Trinajstić information content (AvgIpc) is 2.28. The lowest BCUT2D eigenvalue weighted by atomic mass is 10.1. The van der Waals surface area contributed by atoms with E-state index >= 15 is 0 Å². The molecule has 15 heavy (non-hydrogen) atoms. The molecule has 1 aromatic carbocycles. The maximum atomic E-state index is 9.88. The number of nitrogens with zero attached hydrogens (tertiary/aromatic N) is 1. The Morgan fingerprint density at radius 1 is 1.27 bits per heavy atom. The number of phenols is 1. The van der Waals surface area contributed by atoms with Gasteiger partial charge in [0, 0.05) is 12.5 Å². The number of phenolic OH excluding ortho intramolecular Hbond substituents is 1. The number of pyridine rings is 1. The fraction of sp³-hybridized carbons (Fsp3) is 0.308. The van der Waals surface area contributed by atoms with Crippen molar-refractivity contribution >= 4 is 10.9 Å². The second-order valence-corrected chi connectivity index (χ2v) is 3.89. The van der Waals surface area contributed by atoms with Gasteiger partial charge >= 0.3 is 0 Å². The highest BCUT2D eigenvalue weighted by atomic mass is 16.3. The Labute approximate surface area is 89.8 Å². The van der Waals surface area contributed by atoms with Crippen LogP contribution in [0.15, 0.2) is 36.5 Å². The lowest BCUT2D eigenvalue weighted by Crippen LogP contribution is -2.37. The first kappa shape index (κ1) is 9.97. The van der Waals surface area contributed by atoms with Crippen LogP contribution in [0.4, 0.5) is 0 Å². The standard InChI is InChI=1S/C13H15NO/c1-3-10(2)14-9-5-7-11-6-4-8-12(15)13(11)14/h4-10H,3H2,1-2H3/p+1. The normalized spacial score (nSPS) is 12.9. The predicted molar refractivity (Wildman–Crippen MR) is 60.8 cm³/mol. The molecule has 0 saturated heterocycles. The van der Waals surface area contributed by atoms with E-state index in [-0.39, 0.29) is 0 Å². The van der Waals surface area contributed by atoms with E-state index in [9.17, 15) is 5.11 Å². The van der Waals surface area contributed by atoms with Crippen LogP contribution in [0.2, 0.25) is 0 Å². The number of hydrogen-bond acceptors (Lipinski definition) is 1. The molecule has 1 unspecified atom stereocenters. The molecule has 0 saturated carbocycles. The zero-order valence-electron chi connectivity index (χ0n) is 9.14. The van der Waals surface area contributed by atoms with Gasteiger partial charge in [0.05, 0.1) is 5.39 Å². The van der Waals surface area contributed by atoms with Crippen molar-refractivity contribution in [2.75, 3.05) is 0 Å². The number of rotatable bonds is 2. The van der Waals surface area contributed by atoms with E-state index in [1.165, 1.54) is 0 Å².